The van der Waals surface area contributed by atoms with E-state index in [0.29, 0.717) is 31.2 Å². The molecule has 1 saturated heterocycles. The molecule has 0 bridgehead atoms. The van der Waals surface area contributed by atoms with Gasteiger partial charge >= 0.3 is 6.09 Å². The van der Waals surface area contributed by atoms with Crippen molar-refractivity contribution in [1.29, 1.82) is 0 Å². The van der Waals surface area contributed by atoms with Gasteiger partial charge in [0.25, 0.3) is 0 Å². The number of benzene rings is 1. The lowest BCUT2D eigenvalue weighted by Gasteiger charge is -2.29. The van der Waals surface area contributed by atoms with Gasteiger partial charge in [0, 0.05) is 18.8 Å². The van der Waals surface area contributed by atoms with Crippen molar-refractivity contribution in [3.8, 4) is 5.75 Å². The summed E-state index contributed by atoms with van der Waals surface area (Å²) in [4.78, 5) is 40.7. The van der Waals surface area contributed by atoms with Gasteiger partial charge in [-0.25, -0.2) is 4.79 Å². The third-order valence-electron chi connectivity index (χ3n) is 6.81. The highest BCUT2D eigenvalue weighted by atomic mass is 32.2. The van der Waals surface area contributed by atoms with E-state index in [9.17, 15) is 14.4 Å². The summed E-state index contributed by atoms with van der Waals surface area (Å²) in [5.74, 6) is 2.40. The second kappa shape index (κ2) is 13.9. The number of thioether (sulfide) groups is 1. The molecule has 2 N–H and O–H groups in total. The minimum absolute atomic E-state index is 0.220. The van der Waals surface area contributed by atoms with Crippen LogP contribution >= 0.6 is 11.8 Å². The Hall–Kier alpha value is -2.42. The molecule has 9 heteroatoms. The molecule has 2 atom stereocenters. The maximum absolute atomic E-state index is 13.3. The van der Waals surface area contributed by atoms with Crippen LogP contribution in [0, 0.1) is 5.92 Å². The third-order valence-corrected chi connectivity index (χ3v) is 8.08. The minimum atomic E-state index is -0.680. The topological polar surface area (TPSA) is 97.0 Å². The Morgan fingerprint density at radius 1 is 1.05 bits per heavy atom. The maximum atomic E-state index is 13.3. The Kier molecular flexibility index (Phi) is 11.0. The van der Waals surface area contributed by atoms with Gasteiger partial charge in [-0.2, -0.15) is 11.8 Å². The molecule has 2 fully saturated rings. The van der Waals surface area contributed by atoms with Crippen LogP contribution in [0.25, 0.3) is 0 Å². The number of rotatable bonds is 10. The average Bonchev–Trinajstić information content (AvgIpc) is 3.37. The van der Waals surface area contributed by atoms with Gasteiger partial charge in [-0.3, -0.25) is 14.5 Å². The van der Waals surface area contributed by atoms with E-state index in [4.69, 9.17) is 9.47 Å². The molecule has 3 rings (SSSR count). The minimum Gasteiger partial charge on any atom is -0.497 e. The molecule has 1 aliphatic heterocycles. The van der Waals surface area contributed by atoms with Crippen LogP contribution in [0.2, 0.25) is 0 Å². The van der Waals surface area contributed by atoms with Crippen molar-refractivity contribution in [1.82, 2.24) is 15.5 Å². The fourth-order valence-electron chi connectivity index (χ4n) is 4.79. The Labute approximate surface area is 225 Å². The van der Waals surface area contributed by atoms with E-state index in [1.807, 2.05) is 45.0 Å². The molecule has 8 nitrogen and oxygen atoms in total. The highest BCUT2D eigenvalue weighted by molar-refractivity contribution is 7.99. The van der Waals surface area contributed by atoms with Crippen molar-refractivity contribution >= 4 is 29.7 Å². The molecule has 3 amide bonds. The fourth-order valence-corrected chi connectivity index (χ4v) is 6.06. The number of nitrogens with one attached hydrogen (secondary N) is 2. The van der Waals surface area contributed by atoms with Crippen molar-refractivity contribution in [2.45, 2.75) is 89.9 Å². The predicted octanol–water partition coefficient (Wildman–Crippen LogP) is 4.51. The number of methoxy groups -OCH3 is 1. The average molecular weight is 534 g/mol. The van der Waals surface area contributed by atoms with Crippen LogP contribution in [0.4, 0.5) is 4.79 Å². The summed E-state index contributed by atoms with van der Waals surface area (Å²) in [5.41, 5.74) is 0.307. The molecule has 1 heterocycles. The van der Waals surface area contributed by atoms with E-state index in [1.54, 1.807) is 18.9 Å². The number of nitrogens with zero attached hydrogens (tertiary/aromatic N) is 1. The standard InChI is InChI=1S/C28H43N3O5S/c1-28(2,3)36-27(34)31-16-8-11-24(31)26(33)30-23(19-37-18-21-9-6-5-7-10-21)25(32)29-17-20-12-14-22(35-4)15-13-20/h12-15,21,23-24H,5-11,16-19H2,1-4H3,(H,29,32)(H,30,33)/t23-,24-/m0/s1. The van der Waals surface area contributed by atoms with Crippen LogP contribution in [0.3, 0.4) is 0 Å². The first kappa shape index (κ1) is 29.1. The van der Waals surface area contributed by atoms with Crippen molar-refractivity contribution in [3.05, 3.63) is 29.8 Å². The van der Waals surface area contributed by atoms with E-state index in [0.717, 1.165) is 23.5 Å². The van der Waals surface area contributed by atoms with E-state index in [-0.39, 0.29) is 11.8 Å². The summed E-state index contributed by atoms with van der Waals surface area (Å²) >= 11 is 1.72. The molecule has 2 aliphatic rings. The zero-order valence-corrected chi connectivity index (χ0v) is 23.5. The molecule has 1 aliphatic carbocycles. The Morgan fingerprint density at radius 3 is 2.41 bits per heavy atom. The van der Waals surface area contributed by atoms with Crippen molar-refractivity contribution in [2.24, 2.45) is 5.92 Å². The van der Waals surface area contributed by atoms with Gasteiger partial charge in [0.1, 0.15) is 23.4 Å². The number of ether oxygens (including phenoxy) is 2. The van der Waals surface area contributed by atoms with Gasteiger partial charge < -0.3 is 20.1 Å². The smallest absolute Gasteiger partial charge is 0.410 e. The van der Waals surface area contributed by atoms with E-state index < -0.39 is 23.8 Å². The number of likely N-dealkylation sites (tertiary alicyclic amines) is 1. The fraction of sp³-hybridized carbons (Fsp3) is 0.679. The molecule has 206 valence electrons. The van der Waals surface area contributed by atoms with Gasteiger partial charge in [-0.15, -0.1) is 0 Å². The summed E-state index contributed by atoms with van der Waals surface area (Å²) in [5, 5.41) is 5.93. The molecule has 0 radical (unpaired) electrons. The summed E-state index contributed by atoms with van der Waals surface area (Å²) in [6.07, 6.45) is 7.12. The van der Waals surface area contributed by atoms with Gasteiger partial charge in [0.2, 0.25) is 11.8 Å². The first-order valence-electron chi connectivity index (χ1n) is 13.4. The lowest BCUT2D eigenvalue weighted by atomic mass is 9.91. The van der Waals surface area contributed by atoms with Crippen molar-refractivity contribution in [2.75, 3.05) is 25.2 Å². The van der Waals surface area contributed by atoms with Crippen LogP contribution in [0.5, 0.6) is 5.75 Å². The number of amides is 3. The molecule has 1 aromatic rings. The SMILES string of the molecule is COc1ccc(CNC(=O)[C@H](CSCC2CCCCC2)NC(=O)[C@@H]2CCCN2C(=O)OC(C)(C)C)cc1. The maximum Gasteiger partial charge on any atom is 0.410 e. The van der Waals surface area contributed by atoms with Crippen molar-refractivity contribution in [3.63, 3.8) is 0 Å². The molecule has 0 aromatic heterocycles. The molecular formula is C28H43N3O5S. The van der Waals surface area contributed by atoms with Gasteiger partial charge in [0.05, 0.1) is 7.11 Å². The lowest BCUT2D eigenvalue weighted by Crippen LogP contribution is -2.54. The molecular weight excluding hydrogens is 490 g/mol. The van der Waals surface area contributed by atoms with E-state index >= 15 is 0 Å². The van der Waals surface area contributed by atoms with Gasteiger partial charge in [-0.05, 0) is 75.8 Å². The number of carbonyl (C=O) groups excluding carboxylic acids is 3. The highest BCUT2D eigenvalue weighted by Crippen LogP contribution is 2.27. The number of hydrogen-bond donors (Lipinski definition) is 2. The van der Waals surface area contributed by atoms with Crippen molar-refractivity contribution < 1.29 is 23.9 Å². The Bertz CT molecular complexity index is 896. The number of hydrogen-bond acceptors (Lipinski definition) is 6. The number of carbonyl (C=O) groups is 3. The van der Waals surface area contributed by atoms with E-state index in [2.05, 4.69) is 10.6 Å². The first-order valence-corrected chi connectivity index (χ1v) is 14.6. The van der Waals surface area contributed by atoms with Crippen LogP contribution in [-0.2, 0) is 20.9 Å². The molecule has 1 saturated carbocycles. The largest absolute Gasteiger partial charge is 0.497 e. The predicted molar refractivity (Wildman–Crippen MR) is 147 cm³/mol. The highest BCUT2D eigenvalue weighted by Gasteiger charge is 2.38. The molecule has 37 heavy (non-hydrogen) atoms. The summed E-state index contributed by atoms with van der Waals surface area (Å²) < 4.78 is 10.7. The molecule has 0 unspecified atom stereocenters. The monoisotopic (exact) mass is 533 g/mol. The first-order chi connectivity index (χ1) is 17.7. The van der Waals surface area contributed by atoms with Crippen LogP contribution in [0.15, 0.2) is 24.3 Å². The van der Waals surface area contributed by atoms with Gasteiger partial charge in [-0.1, -0.05) is 31.4 Å². The summed E-state index contributed by atoms with van der Waals surface area (Å²) in [6.45, 7) is 6.25. The molecule has 0 spiro atoms. The van der Waals surface area contributed by atoms with E-state index in [1.165, 1.54) is 37.0 Å². The molecule has 1 aromatic carbocycles. The Morgan fingerprint density at radius 2 is 1.76 bits per heavy atom. The summed E-state index contributed by atoms with van der Waals surface area (Å²) in [6, 6.07) is 6.21. The second-order valence-electron chi connectivity index (χ2n) is 11.0. The normalized spacial score (nSPS) is 19.2. The van der Waals surface area contributed by atoms with Crippen LogP contribution in [0.1, 0.15) is 71.3 Å². The van der Waals surface area contributed by atoms with Crippen LogP contribution in [-0.4, -0.2) is 65.7 Å². The third kappa shape index (κ3) is 9.43. The quantitative estimate of drug-likeness (QED) is 0.459. The second-order valence-corrected chi connectivity index (χ2v) is 12.1. The Balaban J connectivity index is 1.61. The van der Waals surface area contributed by atoms with Crippen LogP contribution < -0.4 is 15.4 Å². The zero-order valence-electron chi connectivity index (χ0n) is 22.7. The van der Waals surface area contributed by atoms with Gasteiger partial charge in [0.15, 0.2) is 0 Å². The zero-order chi connectivity index (χ0) is 26.8. The lowest BCUT2D eigenvalue weighted by molar-refractivity contribution is -0.130. The summed E-state index contributed by atoms with van der Waals surface area (Å²) in [7, 11) is 1.61.